The molecule has 0 spiro atoms. The van der Waals surface area contributed by atoms with Crippen molar-refractivity contribution in [1.82, 2.24) is 4.90 Å². The molecule has 1 aromatic rings. The molecule has 1 aromatic carbocycles. The van der Waals surface area contributed by atoms with Crippen molar-refractivity contribution in [1.29, 1.82) is 0 Å². The quantitative estimate of drug-likeness (QED) is 0.877. The summed E-state index contributed by atoms with van der Waals surface area (Å²) in [4.78, 5) is 25.1. The number of carbonyl (C=O) groups excluding carboxylic acids is 1. The summed E-state index contributed by atoms with van der Waals surface area (Å²) < 4.78 is 5.19. The lowest BCUT2D eigenvalue weighted by atomic mass is 9.95. The number of aliphatic carboxylic acids is 1. The molecule has 0 saturated carbocycles. The summed E-state index contributed by atoms with van der Waals surface area (Å²) in [5, 5.41) is 9.29. The second kappa shape index (κ2) is 7.05. The van der Waals surface area contributed by atoms with Gasteiger partial charge in [0.2, 0.25) is 5.91 Å². The molecule has 0 aromatic heterocycles. The molecule has 1 heterocycles. The first-order valence-corrected chi connectivity index (χ1v) is 6.79. The lowest BCUT2D eigenvalue weighted by molar-refractivity contribution is -0.147. The Balaban J connectivity index is 1.95. The number of nitrogens with zero attached hydrogens (tertiary/aromatic N) is 1. The van der Waals surface area contributed by atoms with Gasteiger partial charge in [-0.15, -0.1) is 0 Å². The third-order valence-electron chi connectivity index (χ3n) is 3.46. The van der Waals surface area contributed by atoms with E-state index in [0.717, 1.165) is 5.56 Å². The van der Waals surface area contributed by atoms with Crippen LogP contribution < -0.4 is 0 Å². The van der Waals surface area contributed by atoms with E-state index in [1.54, 1.807) is 4.90 Å². The van der Waals surface area contributed by atoms with Crippen molar-refractivity contribution >= 4 is 11.9 Å². The Morgan fingerprint density at radius 3 is 2.45 bits per heavy atom. The molecule has 1 saturated heterocycles. The summed E-state index contributed by atoms with van der Waals surface area (Å²) in [5.74, 6) is -1.69. The highest BCUT2D eigenvalue weighted by atomic mass is 16.5. The zero-order valence-electron chi connectivity index (χ0n) is 11.3. The molecule has 0 unspecified atom stereocenters. The summed E-state index contributed by atoms with van der Waals surface area (Å²) in [6.45, 7) is 2.16. The van der Waals surface area contributed by atoms with Gasteiger partial charge in [-0.3, -0.25) is 9.59 Å². The second-order valence-electron chi connectivity index (χ2n) is 4.92. The highest BCUT2D eigenvalue weighted by molar-refractivity contribution is 5.82. The molecular weight excluding hydrogens is 258 g/mol. The zero-order valence-corrected chi connectivity index (χ0v) is 11.3. The molecule has 0 radical (unpaired) electrons. The van der Waals surface area contributed by atoms with E-state index in [4.69, 9.17) is 4.74 Å². The van der Waals surface area contributed by atoms with Crippen LogP contribution in [0.3, 0.4) is 0 Å². The minimum Gasteiger partial charge on any atom is -0.481 e. The lowest BCUT2D eigenvalue weighted by Crippen LogP contribution is -2.42. The van der Waals surface area contributed by atoms with E-state index in [2.05, 4.69) is 0 Å². The van der Waals surface area contributed by atoms with E-state index in [0.29, 0.717) is 32.7 Å². The number of carboxylic acids is 1. The van der Waals surface area contributed by atoms with Crippen molar-refractivity contribution in [2.75, 3.05) is 26.3 Å². The van der Waals surface area contributed by atoms with Crippen LogP contribution in [0.25, 0.3) is 0 Å². The molecule has 2 rings (SSSR count). The molecule has 0 aliphatic carbocycles. The highest BCUT2D eigenvalue weighted by Gasteiger charge is 2.25. The molecule has 5 heteroatoms. The van der Waals surface area contributed by atoms with Crippen molar-refractivity contribution in [2.24, 2.45) is 5.92 Å². The summed E-state index contributed by atoms with van der Waals surface area (Å²) in [6, 6.07) is 9.40. The minimum absolute atomic E-state index is 0.0459. The SMILES string of the molecule is O=C(O)[C@@H](CC(=O)N1CCOCC1)Cc1ccccc1. The topological polar surface area (TPSA) is 66.8 Å². The van der Waals surface area contributed by atoms with E-state index >= 15 is 0 Å². The number of hydrogen-bond donors (Lipinski definition) is 1. The van der Waals surface area contributed by atoms with Gasteiger partial charge >= 0.3 is 5.97 Å². The van der Waals surface area contributed by atoms with Gasteiger partial charge in [-0.1, -0.05) is 30.3 Å². The van der Waals surface area contributed by atoms with E-state index in [1.165, 1.54) is 0 Å². The van der Waals surface area contributed by atoms with Crippen LogP contribution in [0.2, 0.25) is 0 Å². The lowest BCUT2D eigenvalue weighted by Gasteiger charge is -2.27. The Morgan fingerprint density at radius 1 is 1.20 bits per heavy atom. The Hall–Kier alpha value is -1.88. The average Bonchev–Trinajstić information content (AvgIpc) is 2.48. The number of rotatable bonds is 5. The van der Waals surface area contributed by atoms with Gasteiger partial charge in [0.15, 0.2) is 0 Å². The Labute approximate surface area is 118 Å². The first-order valence-electron chi connectivity index (χ1n) is 6.79. The summed E-state index contributed by atoms with van der Waals surface area (Å²) >= 11 is 0. The van der Waals surface area contributed by atoms with Crippen molar-refractivity contribution in [3.63, 3.8) is 0 Å². The zero-order chi connectivity index (χ0) is 14.4. The van der Waals surface area contributed by atoms with Crippen LogP contribution in [0, 0.1) is 5.92 Å². The first-order chi connectivity index (χ1) is 9.66. The molecule has 1 aliphatic rings. The number of carboxylic acid groups (broad SMARTS) is 1. The van der Waals surface area contributed by atoms with Crippen LogP contribution in [0.1, 0.15) is 12.0 Å². The van der Waals surface area contributed by atoms with Gasteiger partial charge in [-0.05, 0) is 12.0 Å². The maximum atomic E-state index is 12.1. The third-order valence-corrected chi connectivity index (χ3v) is 3.46. The maximum absolute atomic E-state index is 12.1. The van der Waals surface area contributed by atoms with Crippen LogP contribution >= 0.6 is 0 Å². The summed E-state index contributed by atoms with van der Waals surface area (Å²) in [5.41, 5.74) is 0.940. The number of morpholine rings is 1. The molecule has 20 heavy (non-hydrogen) atoms. The van der Waals surface area contributed by atoms with Gasteiger partial charge in [0.25, 0.3) is 0 Å². The van der Waals surface area contributed by atoms with Crippen molar-refractivity contribution in [3.8, 4) is 0 Å². The molecule has 0 bridgehead atoms. The Kier molecular flexibility index (Phi) is 5.12. The fourth-order valence-corrected chi connectivity index (χ4v) is 2.30. The van der Waals surface area contributed by atoms with Crippen LogP contribution in [0.15, 0.2) is 30.3 Å². The standard InChI is InChI=1S/C15H19NO4/c17-14(16-6-8-20-9-7-16)11-13(15(18)19)10-12-4-2-1-3-5-12/h1-5,13H,6-11H2,(H,18,19)/t13-/m1/s1. The Morgan fingerprint density at radius 2 is 1.85 bits per heavy atom. The highest BCUT2D eigenvalue weighted by Crippen LogP contribution is 2.15. The second-order valence-corrected chi connectivity index (χ2v) is 4.92. The molecule has 108 valence electrons. The average molecular weight is 277 g/mol. The van der Waals surface area contributed by atoms with E-state index in [1.807, 2.05) is 30.3 Å². The maximum Gasteiger partial charge on any atom is 0.307 e. The van der Waals surface area contributed by atoms with Crippen LogP contribution in [-0.4, -0.2) is 48.2 Å². The van der Waals surface area contributed by atoms with Crippen molar-refractivity contribution < 1.29 is 19.4 Å². The van der Waals surface area contributed by atoms with Crippen LogP contribution in [0.5, 0.6) is 0 Å². The number of amides is 1. The van der Waals surface area contributed by atoms with Gasteiger partial charge in [0.05, 0.1) is 19.1 Å². The number of carbonyl (C=O) groups is 2. The number of hydrogen-bond acceptors (Lipinski definition) is 3. The van der Waals surface area contributed by atoms with E-state index in [9.17, 15) is 14.7 Å². The molecule has 1 N–H and O–H groups in total. The minimum atomic E-state index is -0.921. The summed E-state index contributed by atoms with van der Waals surface area (Å²) in [6.07, 6.45) is 0.427. The third kappa shape index (κ3) is 4.06. The predicted octanol–water partition coefficient (Wildman–Crippen LogP) is 1.18. The number of benzene rings is 1. The first kappa shape index (κ1) is 14.5. The number of ether oxygens (including phenoxy) is 1. The fourth-order valence-electron chi connectivity index (χ4n) is 2.30. The molecule has 1 amide bonds. The van der Waals surface area contributed by atoms with Crippen LogP contribution in [0.4, 0.5) is 0 Å². The predicted molar refractivity (Wildman–Crippen MR) is 73.3 cm³/mol. The van der Waals surface area contributed by atoms with Gasteiger partial charge in [0.1, 0.15) is 0 Å². The molecule has 5 nitrogen and oxygen atoms in total. The molecule has 1 aliphatic heterocycles. The smallest absolute Gasteiger partial charge is 0.307 e. The Bertz CT molecular complexity index is 454. The molecule has 1 fully saturated rings. The van der Waals surface area contributed by atoms with E-state index in [-0.39, 0.29) is 12.3 Å². The van der Waals surface area contributed by atoms with E-state index < -0.39 is 11.9 Å². The monoisotopic (exact) mass is 277 g/mol. The van der Waals surface area contributed by atoms with Crippen molar-refractivity contribution in [3.05, 3.63) is 35.9 Å². The normalized spacial score (nSPS) is 16.7. The summed E-state index contributed by atoms with van der Waals surface area (Å²) in [7, 11) is 0. The van der Waals surface area contributed by atoms with Gasteiger partial charge < -0.3 is 14.7 Å². The fraction of sp³-hybridized carbons (Fsp3) is 0.467. The molecule has 1 atom stereocenters. The van der Waals surface area contributed by atoms with Crippen LogP contribution in [-0.2, 0) is 20.7 Å². The van der Waals surface area contributed by atoms with Gasteiger partial charge in [-0.2, -0.15) is 0 Å². The largest absolute Gasteiger partial charge is 0.481 e. The van der Waals surface area contributed by atoms with Gasteiger partial charge in [-0.25, -0.2) is 0 Å². The van der Waals surface area contributed by atoms with Gasteiger partial charge in [0, 0.05) is 19.5 Å². The molecular formula is C15H19NO4. The van der Waals surface area contributed by atoms with Crippen molar-refractivity contribution in [2.45, 2.75) is 12.8 Å².